The lowest BCUT2D eigenvalue weighted by atomic mass is 10.0. The highest BCUT2D eigenvalue weighted by Crippen LogP contribution is 2.36. The summed E-state index contributed by atoms with van der Waals surface area (Å²) in [4.78, 5) is 27.5. The zero-order valence-electron chi connectivity index (χ0n) is 18.0. The molecule has 1 aliphatic rings. The molecule has 0 bridgehead atoms. The van der Waals surface area contributed by atoms with Crippen LogP contribution in [0.5, 0.6) is 0 Å². The van der Waals surface area contributed by atoms with Crippen LogP contribution in [-0.2, 0) is 25.5 Å². The third kappa shape index (κ3) is 3.58. The van der Waals surface area contributed by atoms with Gasteiger partial charge in [-0.1, -0.05) is 36.5 Å². The van der Waals surface area contributed by atoms with Crippen molar-refractivity contribution in [1.29, 1.82) is 0 Å². The number of esters is 2. The highest BCUT2D eigenvalue weighted by molar-refractivity contribution is 7.19. The smallest absolute Gasteiger partial charge is 0.355 e. The Morgan fingerprint density at radius 3 is 2.59 bits per heavy atom. The minimum Gasteiger partial charge on any atom is -0.465 e. The molecule has 0 unspecified atom stereocenters. The molecule has 0 saturated heterocycles. The second-order valence-corrected chi connectivity index (χ2v) is 7.79. The molecule has 1 aliphatic heterocycles. The van der Waals surface area contributed by atoms with Gasteiger partial charge in [0.15, 0.2) is 5.82 Å². The van der Waals surface area contributed by atoms with Crippen LogP contribution in [0, 0.1) is 6.92 Å². The fraction of sp³-hybridized carbons (Fsp3) is 0.227. The molecule has 3 heterocycles. The van der Waals surface area contributed by atoms with Crippen molar-refractivity contribution in [3.05, 3.63) is 65.3 Å². The number of carbonyl (C=O) groups excluding carboxylic acids is 2. The molecule has 0 fully saturated rings. The van der Waals surface area contributed by atoms with E-state index in [1.165, 1.54) is 31.6 Å². The summed E-state index contributed by atoms with van der Waals surface area (Å²) in [5.41, 5.74) is 2.62. The second kappa shape index (κ2) is 8.75. The molecule has 9 nitrogen and oxygen atoms in total. The highest BCUT2D eigenvalue weighted by atomic mass is 32.1. The van der Waals surface area contributed by atoms with E-state index in [0.717, 1.165) is 28.4 Å². The molecule has 1 aromatic carbocycles. The van der Waals surface area contributed by atoms with Gasteiger partial charge in [-0.05, 0) is 30.7 Å². The summed E-state index contributed by atoms with van der Waals surface area (Å²) >= 11 is 1.43. The monoisotopic (exact) mass is 451 g/mol. The largest absolute Gasteiger partial charge is 0.465 e. The zero-order chi connectivity index (χ0) is 22.8. The number of aromatic nitrogens is 4. The van der Waals surface area contributed by atoms with E-state index < -0.39 is 11.9 Å². The number of methoxy groups -OCH3 is 2. The van der Waals surface area contributed by atoms with E-state index in [2.05, 4.69) is 15.3 Å². The number of hydrogen-bond acceptors (Lipinski definition) is 9. The first kappa shape index (κ1) is 21.4. The van der Waals surface area contributed by atoms with Crippen molar-refractivity contribution < 1.29 is 19.1 Å². The highest BCUT2D eigenvalue weighted by Gasteiger charge is 2.29. The van der Waals surface area contributed by atoms with Crippen LogP contribution in [0.25, 0.3) is 15.5 Å². The topological polar surface area (TPSA) is 98.9 Å². The molecule has 2 aromatic heterocycles. The lowest BCUT2D eigenvalue weighted by Gasteiger charge is -2.25. The molecule has 0 atom stereocenters. The third-order valence-electron chi connectivity index (χ3n) is 5.06. The number of rotatable bonds is 5. The van der Waals surface area contributed by atoms with Crippen molar-refractivity contribution in [3.8, 4) is 10.6 Å². The Morgan fingerprint density at radius 1 is 1.09 bits per heavy atom. The first-order chi connectivity index (χ1) is 15.5. The summed E-state index contributed by atoms with van der Waals surface area (Å²) in [7, 11) is 2.54. The van der Waals surface area contributed by atoms with Crippen molar-refractivity contribution in [3.63, 3.8) is 0 Å². The lowest BCUT2D eigenvalue weighted by Crippen LogP contribution is -2.27. The average molecular weight is 452 g/mol. The van der Waals surface area contributed by atoms with Crippen molar-refractivity contribution in [2.45, 2.75) is 20.3 Å². The Balaban J connectivity index is 1.87. The normalized spacial score (nSPS) is 13.6. The van der Waals surface area contributed by atoms with Gasteiger partial charge in [0, 0.05) is 23.9 Å². The first-order valence-electron chi connectivity index (χ1n) is 9.86. The molecule has 0 N–H and O–H groups in total. The molecule has 32 heavy (non-hydrogen) atoms. The van der Waals surface area contributed by atoms with Crippen molar-refractivity contribution in [2.24, 2.45) is 0 Å². The zero-order valence-corrected chi connectivity index (χ0v) is 18.8. The Labute approximate surface area is 188 Å². The molecule has 164 valence electrons. The number of ether oxygens (including phenoxy) is 2. The van der Waals surface area contributed by atoms with E-state index in [1.54, 1.807) is 27.8 Å². The number of hydrogen-bond donors (Lipinski definition) is 0. The molecule has 0 radical (unpaired) electrons. The number of allylic oxidation sites excluding steroid dienone is 2. The fourth-order valence-corrected chi connectivity index (χ4v) is 4.39. The first-order valence-corrected chi connectivity index (χ1v) is 10.7. The Bertz CT molecular complexity index is 1300. The SMILES string of the molecule is CCc1nnc2sc(-c3cccc(N4C=CC=CC(C(=O)OC)=C4C(=O)OC)c3C)nn12. The van der Waals surface area contributed by atoms with Crippen LogP contribution in [0.4, 0.5) is 5.69 Å². The summed E-state index contributed by atoms with van der Waals surface area (Å²) in [5.74, 6) is -0.501. The Kier molecular flexibility index (Phi) is 5.87. The molecule has 0 aliphatic carbocycles. The van der Waals surface area contributed by atoms with Gasteiger partial charge in [0.1, 0.15) is 10.7 Å². The fourth-order valence-electron chi connectivity index (χ4n) is 3.45. The number of aryl methyl sites for hydroxylation is 1. The Morgan fingerprint density at radius 2 is 1.88 bits per heavy atom. The van der Waals surface area contributed by atoms with Gasteiger partial charge in [-0.15, -0.1) is 10.2 Å². The number of anilines is 1. The molecule has 4 rings (SSSR count). The van der Waals surface area contributed by atoms with E-state index in [1.807, 2.05) is 32.0 Å². The van der Waals surface area contributed by atoms with Gasteiger partial charge in [0.25, 0.3) is 0 Å². The van der Waals surface area contributed by atoms with Crippen LogP contribution in [0.2, 0.25) is 0 Å². The third-order valence-corrected chi connectivity index (χ3v) is 5.99. The van der Waals surface area contributed by atoms with Crippen LogP contribution >= 0.6 is 11.3 Å². The maximum Gasteiger partial charge on any atom is 0.355 e. The van der Waals surface area contributed by atoms with E-state index in [-0.39, 0.29) is 11.3 Å². The summed E-state index contributed by atoms with van der Waals surface area (Å²) < 4.78 is 11.6. The lowest BCUT2D eigenvalue weighted by molar-refractivity contribution is -0.139. The van der Waals surface area contributed by atoms with Gasteiger partial charge in [0.2, 0.25) is 4.96 Å². The minimum atomic E-state index is -0.655. The van der Waals surface area contributed by atoms with E-state index in [9.17, 15) is 9.59 Å². The summed E-state index contributed by atoms with van der Waals surface area (Å²) in [5, 5.41) is 13.8. The van der Waals surface area contributed by atoms with Gasteiger partial charge in [-0.25, -0.2) is 9.59 Å². The van der Waals surface area contributed by atoms with Crippen molar-refractivity contribution in [2.75, 3.05) is 19.1 Å². The van der Waals surface area contributed by atoms with Gasteiger partial charge in [-0.2, -0.15) is 9.61 Å². The maximum atomic E-state index is 12.7. The Hall–Kier alpha value is -3.79. The van der Waals surface area contributed by atoms with E-state index in [4.69, 9.17) is 9.47 Å². The standard InChI is InChI=1S/C22H21N5O4S/c1-5-17-23-24-22-27(17)25-19(32-22)14-10-8-11-16(13(14)2)26-12-7-6-9-15(20(28)30-3)18(26)21(29)31-4/h6-12H,5H2,1-4H3. The number of carbonyl (C=O) groups is 2. The minimum absolute atomic E-state index is 0.0658. The molecule has 3 aromatic rings. The van der Waals surface area contributed by atoms with Gasteiger partial charge in [0.05, 0.1) is 19.8 Å². The second-order valence-electron chi connectivity index (χ2n) is 6.84. The molecule has 0 amide bonds. The van der Waals surface area contributed by atoms with Crippen molar-refractivity contribution >= 4 is 33.9 Å². The molecular weight excluding hydrogens is 430 g/mol. The quantitative estimate of drug-likeness (QED) is 0.546. The number of fused-ring (bicyclic) bond motifs is 1. The van der Waals surface area contributed by atoms with Crippen LogP contribution < -0.4 is 4.90 Å². The molecule has 0 spiro atoms. The van der Waals surface area contributed by atoms with Crippen molar-refractivity contribution in [1.82, 2.24) is 19.8 Å². The maximum absolute atomic E-state index is 12.7. The summed E-state index contributed by atoms with van der Waals surface area (Å²) in [6.07, 6.45) is 7.37. The van der Waals surface area contributed by atoms with E-state index in [0.29, 0.717) is 10.6 Å². The van der Waals surface area contributed by atoms with Gasteiger partial charge >= 0.3 is 11.9 Å². The number of nitrogens with zero attached hydrogens (tertiary/aromatic N) is 5. The van der Waals surface area contributed by atoms with Gasteiger partial charge in [-0.3, -0.25) is 0 Å². The van der Waals surface area contributed by atoms with Crippen LogP contribution in [0.15, 0.2) is 53.9 Å². The predicted octanol–water partition coefficient (Wildman–Crippen LogP) is 3.21. The summed E-state index contributed by atoms with van der Waals surface area (Å²) in [6, 6.07) is 5.70. The van der Waals surface area contributed by atoms with Crippen LogP contribution in [0.3, 0.4) is 0 Å². The van der Waals surface area contributed by atoms with Crippen LogP contribution in [0.1, 0.15) is 18.3 Å². The van der Waals surface area contributed by atoms with E-state index >= 15 is 0 Å². The number of benzene rings is 1. The van der Waals surface area contributed by atoms with Gasteiger partial charge < -0.3 is 14.4 Å². The molecular formula is C22H21N5O4S. The predicted molar refractivity (Wildman–Crippen MR) is 120 cm³/mol. The average Bonchev–Trinajstić information content (AvgIpc) is 3.31. The molecule has 0 saturated carbocycles. The summed E-state index contributed by atoms with van der Waals surface area (Å²) in [6.45, 7) is 3.94. The molecule has 10 heteroatoms. The van der Waals surface area contributed by atoms with Crippen LogP contribution in [-0.4, -0.2) is 46.0 Å².